The van der Waals surface area contributed by atoms with Gasteiger partial charge in [0.2, 0.25) is 0 Å². The van der Waals surface area contributed by atoms with Crippen LogP contribution in [0.25, 0.3) is 0 Å². The average Bonchev–Trinajstić information content (AvgIpc) is 2.53. The molecule has 2 heterocycles. The highest BCUT2D eigenvalue weighted by atomic mass is 19.1. The molecule has 4 heteroatoms. The minimum absolute atomic E-state index is 0.152. The van der Waals surface area contributed by atoms with Crippen molar-refractivity contribution in [2.75, 3.05) is 26.2 Å². The van der Waals surface area contributed by atoms with E-state index in [9.17, 15) is 4.39 Å². The molecule has 3 rings (SSSR count). The van der Waals surface area contributed by atoms with Gasteiger partial charge in [-0.25, -0.2) is 4.39 Å². The van der Waals surface area contributed by atoms with Gasteiger partial charge >= 0.3 is 0 Å². The summed E-state index contributed by atoms with van der Waals surface area (Å²) < 4.78 is 12.9. The van der Waals surface area contributed by atoms with Gasteiger partial charge in [0.15, 0.2) is 0 Å². The lowest BCUT2D eigenvalue weighted by Gasteiger charge is -2.29. The molecule has 110 valence electrons. The summed E-state index contributed by atoms with van der Waals surface area (Å²) in [7, 11) is 0. The lowest BCUT2D eigenvalue weighted by Crippen LogP contribution is -3.27. The number of benzene rings is 1. The van der Waals surface area contributed by atoms with Crippen molar-refractivity contribution in [1.29, 1.82) is 0 Å². The van der Waals surface area contributed by atoms with Gasteiger partial charge in [-0.15, -0.1) is 0 Å². The minimum Gasteiger partial charge on any atom is -0.322 e. The fourth-order valence-corrected chi connectivity index (χ4v) is 2.99. The molecule has 0 saturated carbocycles. The molecule has 1 aromatic carbocycles. The smallest absolute Gasteiger partial charge is 0.127 e. The quantitative estimate of drug-likeness (QED) is 0.792. The summed E-state index contributed by atoms with van der Waals surface area (Å²) in [6, 6.07) is 11.1. The van der Waals surface area contributed by atoms with Crippen LogP contribution in [0.1, 0.15) is 11.1 Å². The molecule has 2 aromatic rings. The van der Waals surface area contributed by atoms with Crippen LogP contribution in [0, 0.1) is 5.82 Å². The summed E-state index contributed by atoms with van der Waals surface area (Å²) in [5.41, 5.74) is 2.59. The highest BCUT2D eigenvalue weighted by Crippen LogP contribution is 2.00. The molecule has 1 saturated heterocycles. The standard InChI is InChI=1S/C17H20FN3/c18-17-3-1-15(2-4-17)13-20-9-11-21(12-10-20)14-16-5-7-19-8-6-16/h1-8H,9-14H2/p+2. The molecular formula is C17H22FN3+2. The van der Waals surface area contributed by atoms with Crippen LogP contribution in [-0.2, 0) is 13.1 Å². The Bertz CT molecular complexity index is 548. The molecule has 0 radical (unpaired) electrons. The molecular weight excluding hydrogens is 265 g/mol. The monoisotopic (exact) mass is 287 g/mol. The average molecular weight is 287 g/mol. The molecule has 1 aliphatic rings. The molecule has 2 N–H and O–H groups in total. The molecule has 1 aliphatic heterocycles. The highest BCUT2D eigenvalue weighted by Gasteiger charge is 2.22. The maximum Gasteiger partial charge on any atom is 0.127 e. The normalized spacial score (nSPS) is 22.1. The summed E-state index contributed by atoms with van der Waals surface area (Å²) in [6.45, 7) is 6.84. The summed E-state index contributed by atoms with van der Waals surface area (Å²) in [6.07, 6.45) is 3.73. The van der Waals surface area contributed by atoms with Gasteiger partial charge < -0.3 is 9.80 Å². The van der Waals surface area contributed by atoms with Crippen molar-refractivity contribution in [3.63, 3.8) is 0 Å². The molecule has 0 amide bonds. The van der Waals surface area contributed by atoms with Crippen molar-refractivity contribution in [3.05, 3.63) is 65.7 Å². The van der Waals surface area contributed by atoms with E-state index in [4.69, 9.17) is 0 Å². The van der Waals surface area contributed by atoms with Gasteiger partial charge in [-0.2, -0.15) is 0 Å². The van der Waals surface area contributed by atoms with Crippen molar-refractivity contribution in [2.45, 2.75) is 13.1 Å². The SMILES string of the molecule is Fc1ccc(C[NH+]2CC[NH+](Cc3ccncc3)CC2)cc1. The topological polar surface area (TPSA) is 21.8 Å². The number of quaternary nitrogens is 2. The lowest BCUT2D eigenvalue weighted by atomic mass is 10.2. The van der Waals surface area contributed by atoms with Crippen LogP contribution in [0.4, 0.5) is 4.39 Å². The van der Waals surface area contributed by atoms with E-state index < -0.39 is 0 Å². The van der Waals surface area contributed by atoms with Gasteiger partial charge in [0.25, 0.3) is 0 Å². The largest absolute Gasteiger partial charge is 0.322 e. The minimum atomic E-state index is -0.152. The third-order valence-corrected chi connectivity index (χ3v) is 4.24. The van der Waals surface area contributed by atoms with Crippen molar-refractivity contribution >= 4 is 0 Å². The van der Waals surface area contributed by atoms with Gasteiger partial charge in [-0.05, 0) is 24.3 Å². The van der Waals surface area contributed by atoms with Crippen molar-refractivity contribution < 1.29 is 14.2 Å². The van der Waals surface area contributed by atoms with Gasteiger partial charge in [0.05, 0.1) is 0 Å². The fourth-order valence-electron chi connectivity index (χ4n) is 2.99. The predicted octanol–water partition coefficient (Wildman–Crippen LogP) is -0.296. The zero-order chi connectivity index (χ0) is 14.5. The molecule has 1 fully saturated rings. The zero-order valence-corrected chi connectivity index (χ0v) is 12.2. The second kappa shape index (κ2) is 6.78. The number of nitrogens with one attached hydrogen (secondary N) is 2. The Morgan fingerprint density at radius 1 is 0.762 bits per heavy atom. The van der Waals surface area contributed by atoms with E-state index in [1.54, 1.807) is 21.9 Å². The number of rotatable bonds is 4. The maximum atomic E-state index is 12.9. The third-order valence-electron chi connectivity index (χ3n) is 4.24. The first kappa shape index (κ1) is 14.2. The first-order chi connectivity index (χ1) is 10.3. The number of hydrogen-bond acceptors (Lipinski definition) is 1. The second-order valence-corrected chi connectivity index (χ2v) is 5.84. The van der Waals surface area contributed by atoms with E-state index in [-0.39, 0.29) is 5.82 Å². The molecule has 0 unspecified atom stereocenters. The van der Waals surface area contributed by atoms with Crippen LogP contribution in [-0.4, -0.2) is 31.2 Å². The number of pyridine rings is 1. The van der Waals surface area contributed by atoms with E-state index in [1.807, 2.05) is 24.5 Å². The van der Waals surface area contributed by atoms with Gasteiger partial charge in [0, 0.05) is 23.5 Å². The van der Waals surface area contributed by atoms with Crippen LogP contribution in [0.5, 0.6) is 0 Å². The van der Waals surface area contributed by atoms with Crippen LogP contribution < -0.4 is 9.80 Å². The fraction of sp³-hybridized carbons (Fsp3) is 0.353. The first-order valence-corrected chi connectivity index (χ1v) is 7.60. The van der Waals surface area contributed by atoms with Crippen molar-refractivity contribution in [2.24, 2.45) is 0 Å². The second-order valence-electron chi connectivity index (χ2n) is 5.84. The van der Waals surface area contributed by atoms with E-state index in [0.29, 0.717) is 0 Å². The Morgan fingerprint density at radius 3 is 1.76 bits per heavy atom. The van der Waals surface area contributed by atoms with Gasteiger partial charge in [0.1, 0.15) is 45.1 Å². The van der Waals surface area contributed by atoms with E-state index >= 15 is 0 Å². The summed E-state index contributed by atoms with van der Waals surface area (Å²) in [5, 5.41) is 0. The summed E-state index contributed by atoms with van der Waals surface area (Å²) in [4.78, 5) is 7.30. The highest BCUT2D eigenvalue weighted by molar-refractivity contribution is 5.14. The van der Waals surface area contributed by atoms with Crippen LogP contribution >= 0.6 is 0 Å². The van der Waals surface area contributed by atoms with Crippen LogP contribution in [0.3, 0.4) is 0 Å². The number of nitrogens with zero attached hydrogens (tertiary/aromatic N) is 1. The zero-order valence-electron chi connectivity index (χ0n) is 12.2. The maximum absolute atomic E-state index is 12.9. The molecule has 1 aromatic heterocycles. The molecule has 0 atom stereocenters. The number of piperazine rings is 1. The molecule has 0 spiro atoms. The molecule has 21 heavy (non-hydrogen) atoms. The molecule has 0 aliphatic carbocycles. The lowest BCUT2D eigenvalue weighted by molar-refractivity contribution is -1.02. The van der Waals surface area contributed by atoms with Crippen LogP contribution in [0.2, 0.25) is 0 Å². The number of aromatic nitrogens is 1. The van der Waals surface area contributed by atoms with Crippen LogP contribution in [0.15, 0.2) is 48.8 Å². The van der Waals surface area contributed by atoms with E-state index in [1.165, 1.54) is 37.3 Å². The van der Waals surface area contributed by atoms with Gasteiger partial charge in [-0.3, -0.25) is 4.98 Å². The van der Waals surface area contributed by atoms with Gasteiger partial charge in [-0.1, -0.05) is 12.1 Å². The van der Waals surface area contributed by atoms with Crippen molar-refractivity contribution in [3.8, 4) is 0 Å². The number of halogens is 1. The molecule has 3 nitrogen and oxygen atoms in total. The van der Waals surface area contributed by atoms with E-state index in [0.717, 1.165) is 13.1 Å². The Morgan fingerprint density at radius 2 is 1.24 bits per heavy atom. The third kappa shape index (κ3) is 4.09. The number of hydrogen-bond donors (Lipinski definition) is 2. The summed E-state index contributed by atoms with van der Waals surface area (Å²) >= 11 is 0. The Balaban J connectivity index is 1.47. The van der Waals surface area contributed by atoms with Crippen molar-refractivity contribution in [1.82, 2.24) is 4.98 Å². The summed E-state index contributed by atoms with van der Waals surface area (Å²) in [5.74, 6) is -0.152. The Hall–Kier alpha value is -1.78. The molecule has 0 bridgehead atoms. The van der Waals surface area contributed by atoms with E-state index in [2.05, 4.69) is 17.1 Å². The predicted molar refractivity (Wildman–Crippen MR) is 79.4 cm³/mol. The Kier molecular flexibility index (Phi) is 4.58. The first-order valence-electron chi connectivity index (χ1n) is 7.60. The Labute approximate surface area is 125 Å².